The molecule has 2 N–H and O–H groups in total. The first-order chi connectivity index (χ1) is 14.7. The number of likely N-dealkylation sites (tertiary alicyclic amines) is 1. The Morgan fingerprint density at radius 3 is 2.23 bits per heavy atom. The molecule has 6 heteroatoms. The molecule has 0 aromatic heterocycles. The summed E-state index contributed by atoms with van der Waals surface area (Å²) < 4.78 is 5.94. The Morgan fingerprint density at radius 1 is 1.00 bits per heavy atom. The van der Waals surface area contributed by atoms with Gasteiger partial charge in [-0.1, -0.05) is 18.2 Å². The third kappa shape index (κ3) is 4.68. The molecule has 1 heterocycles. The van der Waals surface area contributed by atoms with E-state index in [0.29, 0.717) is 30.1 Å². The fourth-order valence-corrected chi connectivity index (χ4v) is 4.21. The van der Waals surface area contributed by atoms with Crippen LogP contribution in [0.1, 0.15) is 45.5 Å². The standard InChI is InChI=1S/C25H33N3O3/c1-16-17(2)23(26)19(4)24(18(16)3)31-15-22(29)27(5)21-11-13-28(14-12-21)25(30)20-9-7-6-8-10-20/h6-10,21H,11-15,26H2,1-5H3. The minimum atomic E-state index is -0.0663. The summed E-state index contributed by atoms with van der Waals surface area (Å²) in [6.07, 6.45) is 1.52. The molecule has 0 unspecified atom stereocenters. The molecule has 2 amide bonds. The summed E-state index contributed by atoms with van der Waals surface area (Å²) in [6, 6.07) is 9.43. The number of nitrogen functional groups attached to an aromatic ring is 1. The van der Waals surface area contributed by atoms with Gasteiger partial charge in [-0.2, -0.15) is 0 Å². The lowest BCUT2D eigenvalue weighted by atomic mass is 9.97. The van der Waals surface area contributed by atoms with Gasteiger partial charge in [-0.25, -0.2) is 0 Å². The zero-order valence-electron chi connectivity index (χ0n) is 19.2. The third-order valence-electron chi connectivity index (χ3n) is 6.67. The van der Waals surface area contributed by atoms with Crippen LogP contribution in [0.25, 0.3) is 0 Å². The highest BCUT2D eigenvalue weighted by atomic mass is 16.5. The largest absolute Gasteiger partial charge is 0.483 e. The van der Waals surface area contributed by atoms with Crippen LogP contribution in [0, 0.1) is 27.7 Å². The van der Waals surface area contributed by atoms with Crippen molar-refractivity contribution in [3.8, 4) is 5.75 Å². The minimum Gasteiger partial charge on any atom is -0.483 e. The van der Waals surface area contributed by atoms with Gasteiger partial charge in [-0.3, -0.25) is 9.59 Å². The second-order valence-corrected chi connectivity index (χ2v) is 8.43. The Bertz CT molecular complexity index is 935. The molecular formula is C25H33N3O3. The highest BCUT2D eigenvalue weighted by molar-refractivity contribution is 5.94. The van der Waals surface area contributed by atoms with E-state index in [4.69, 9.17) is 10.5 Å². The first kappa shape index (κ1) is 22.7. The van der Waals surface area contributed by atoms with Crippen LogP contribution in [0.2, 0.25) is 0 Å². The number of rotatable bonds is 5. The quantitative estimate of drug-likeness (QED) is 0.745. The molecule has 31 heavy (non-hydrogen) atoms. The van der Waals surface area contributed by atoms with E-state index in [1.807, 2.05) is 70.0 Å². The maximum atomic E-state index is 12.8. The minimum absolute atomic E-state index is 0.0245. The van der Waals surface area contributed by atoms with E-state index < -0.39 is 0 Å². The van der Waals surface area contributed by atoms with Crippen molar-refractivity contribution in [3.05, 3.63) is 58.1 Å². The molecular weight excluding hydrogens is 390 g/mol. The highest BCUT2D eigenvalue weighted by Gasteiger charge is 2.28. The molecule has 1 saturated heterocycles. The van der Waals surface area contributed by atoms with Gasteiger partial charge in [0.05, 0.1) is 0 Å². The Kier molecular flexibility index (Phi) is 6.88. The van der Waals surface area contributed by atoms with Crippen LogP contribution < -0.4 is 10.5 Å². The van der Waals surface area contributed by atoms with Crippen molar-refractivity contribution in [1.29, 1.82) is 0 Å². The number of anilines is 1. The Labute approximate surface area is 185 Å². The van der Waals surface area contributed by atoms with Crippen LogP contribution in [0.15, 0.2) is 30.3 Å². The van der Waals surface area contributed by atoms with Crippen LogP contribution in [0.3, 0.4) is 0 Å². The van der Waals surface area contributed by atoms with Crippen molar-refractivity contribution < 1.29 is 14.3 Å². The van der Waals surface area contributed by atoms with Crippen molar-refractivity contribution in [2.75, 3.05) is 32.5 Å². The number of nitrogens with zero attached hydrogens (tertiary/aromatic N) is 2. The number of amides is 2. The van der Waals surface area contributed by atoms with Gasteiger partial charge in [0.2, 0.25) is 0 Å². The predicted octanol–water partition coefficient (Wildman–Crippen LogP) is 3.64. The lowest BCUT2D eigenvalue weighted by Gasteiger charge is -2.36. The summed E-state index contributed by atoms with van der Waals surface area (Å²) in [7, 11) is 1.82. The maximum absolute atomic E-state index is 12.8. The molecule has 0 radical (unpaired) electrons. The smallest absolute Gasteiger partial charge is 0.260 e. The zero-order valence-corrected chi connectivity index (χ0v) is 19.2. The number of piperidine rings is 1. The first-order valence-electron chi connectivity index (χ1n) is 10.8. The number of hydrogen-bond acceptors (Lipinski definition) is 4. The number of likely N-dealkylation sites (N-methyl/N-ethyl adjacent to an activating group) is 1. The Balaban J connectivity index is 1.57. The van der Waals surface area contributed by atoms with Crippen molar-refractivity contribution in [2.45, 2.75) is 46.6 Å². The van der Waals surface area contributed by atoms with Gasteiger partial charge in [0.1, 0.15) is 5.75 Å². The van der Waals surface area contributed by atoms with Crippen LogP contribution in [0.5, 0.6) is 5.75 Å². The number of nitrogens with two attached hydrogens (primary N) is 1. The van der Waals surface area contributed by atoms with Crippen molar-refractivity contribution >= 4 is 17.5 Å². The highest BCUT2D eigenvalue weighted by Crippen LogP contribution is 2.34. The molecule has 166 valence electrons. The van der Waals surface area contributed by atoms with E-state index in [1.165, 1.54) is 0 Å². The molecule has 6 nitrogen and oxygen atoms in total. The molecule has 0 bridgehead atoms. The van der Waals surface area contributed by atoms with Crippen molar-refractivity contribution in [3.63, 3.8) is 0 Å². The van der Waals surface area contributed by atoms with Crippen molar-refractivity contribution in [1.82, 2.24) is 9.80 Å². The molecule has 0 aliphatic carbocycles. The maximum Gasteiger partial charge on any atom is 0.260 e. The number of carbonyl (C=O) groups is 2. The van der Waals surface area contributed by atoms with E-state index in [2.05, 4.69) is 0 Å². The molecule has 2 aromatic rings. The van der Waals surface area contributed by atoms with Gasteiger partial charge in [0, 0.05) is 43.0 Å². The summed E-state index contributed by atoms with van der Waals surface area (Å²) >= 11 is 0. The van der Waals surface area contributed by atoms with Gasteiger partial charge in [-0.05, 0) is 69.4 Å². The van der Waals surface area contributed by atoms with E-state index in [0.717, 1.165) is 35.1 Å². The van der Waals surface area contributed by atoms with E-state index in [-0.39, 0.29) is 24.5 Å². The number of benzene rings is 2. The average Bonchev–Trinajstić information content (AvgIpc) is 2.81. The summed E-state index contributed by atoms with van der Waals surface area (Å²) in [6.45, 7) is 9.21. The van der Waals surface area contributed by atoms with Gasteiger partial charge in [-0.15, -0.1) is 0 Å². The molecule has 1 aliphatic rings. The van der Waals surface area contributed by atoms with Gasteiger partial charge >= 0.3 is 0 Å². The zero-order chi connectivity index (χ0) is 22.7. The molecule has 0 saturated carbocycles. The fraction of sp³-hybridized carbons (Fsp3) is 0.440. The fourth-order valence-electron chi connectivity index (χ4n) is 4.21. The molecule has 1 fully saturated rings. The number of hydrogen-bond donors (Lipinski definition) is 1. The van der Waals surface area contributed by atoms with Crippen LogP contribution in [-0.4, -0.2) is 54.4 Å². The van der Waals surface area contributed by atoms with Crippen LogP contribution in [-0.2, 0) is 4.79 Å². The molecule has 0 atom stereocenters. The molecule has 0 spiro atoms. The summed E-state index contributed by atoms with van der Waals surface area (Å²) in [5.74, 6) is 0.684. The second-order valence-electron chi connectivity index (χ2n) is 8.43. The van der Waals surface area contributed by atoms with E-state index in [1.54, 1.807) is 4.90 Å². The Hall–Kier alpha value is -3.02. The monoisotopic (exact) mass is 423 g/mol. The summed E-state index contributed by atoms with van der Waals surface area (Å²) in [5.41, 5.74) is 11.7. The lowest BCUT2D eigenvalue weighted by molar-refractivity contribution is -0.134. The number of ether oxygens (including phenoxy) is 1. The SMILES string of the molecule is Cc1c(C)c(N)c(C)c(OCC(=O)N(C)C2CCN(C(=O)c3ccccc3)CC2)c1C. The normalized spacial score (nSPS) is 14.4. The predicted molar refractivity (Wildman–Crippen MR) is 123 cm³/mol. The van der Waals surface area contributed by atoms with Gasteiger partial charge < -0.3 is 20.3 Å². The van der Waals surface area contributed by atoms with Crippen LogP contribution >= 0.6 is 0 Å². The van der Waals surface area contributed by atoms with E-state index in [9.17, 15) is 9.59 Å². The van der Waals surface area contributed by atoms with E-state index >= 15 is 0 Å². The second kappa shape index (κ2) is 9.41. The number of carbonyl (C=O) groups excluding carboxylic acids is 2. The Morgan fingerprint density at radius 2 is 1.61 bits per heavy atom. The lowest BCUT2D eigenvalue weighted by Crippen LogP contribution is -2.48. The first-order valence-corrected chi connectivity index (χ1v) is 10.8. The van der Waals surface area contributed by atoms with Gasteiger partial charge in [0.15, 0.2) is 6.61 Å². The van der Waals surface area contributed by atoms with Crippen molar-refractivity contribution in [2.24, 2.45) is 0 Å². The molecule has 2 aromatic carbocycles. The van der Waals surface area contributed by atoms with Crippen LogP contribution in [0.4, 0.5) is 5.69 Å². The van der Waals surface area contributed by atoms with Gasteiger partial charge in [0.25, 0.3) is 11.8 Å². The third-order valence-corrected chi connectivity index (χ3v) is 6.67. The molecule has 3 rings (SSSR count). The average molecular weight is 424 g/mol. The topological polar surface area (TPSA) is 75.9 Å². The molecule has 1 aliphatic heterocycles. The summed E-state index contributed by atoms with van der Waals surface area (Å²) in [5, 5.41) is 0. The summed E-state index contributed by atoms with van der Waals surface area (Å²) in [4.78, 5) is 29.1.